The molecule has 0 saturated carbocycles. The maximum absolute atomic E-state index is 12.1. The molecule has 0 aliphatic heterocycles. The molecule has 1 unspecified atom stereocenters. The van der Waals surface area contributed by atoms with E-state index in [2.05, 4.69) is 24.1 Å². The summed E-state index contributed by atoms with van der Waals surface area (Å²) in [5.74, 6) is -0.166. The van der Waals surface area contributed by atoms with Crippen LogP contribution in [-0.4, -0.2) is 30.6 Å². The van der Waals surface area contributed by atoms with Gasteiger partial charge in [-0.15, -0.1) is 0 Å². The monoisotopic (exact) mass is 318 g/mol. The lowest BCUT2D eigenvalue weighted by atomic mass is 10.1. The average molecular weight is 318 g/mol. The largest absolute Gasteiger partial charge is 0.387 e. The summed E-state index contributed by atoms with van der Waals surface area (Å²) < 4.78 is 0. The van der Waals surface area contributed by atoms with Gasteiger partial charge in [0.25, 0.3) is 5.91 Å². The molecule has 118 valence electrons. The first-order chi connectivity index (χ1) is 10.7. The Hall–Kier alpha value is -1.85. The van der Waals surface area contributed by atoms with E-state index in [1.54, 1.807) is 0 Å². The molecule has 0 fully saturated rings. The molecular formula is C17H22N2O2S. The molecular weight excluding hydrogens is 296 g/mol. The fourth-order valence-electron chi connectivity index (χ4n) is 2.29. The number of thiophene rings is 1. The van der Waals surface area contributed by atoms with Gasteiger partial charge in [0, 0.05) is 30.9 Å². The summed E-state index contributed by atoms with van der Waals surface area (Å²) in [6.07, 6.45) is -0.662. The Morgan fingerprint density at radius 3 is 2.45 bits per heavy atom. The second kappa shape index (κ2) is 7.96. The van der Waals surface area contributed by atoms with Crippen molar-refractivity contribution in [2.45, 2.75) is 20.0 Å². The van der Waals surface area contributed by atoms with Crippen molar-refractivity contribution in [3.05, 3.63) is 52.2 Å². The summed E-state index contributed by atoms with van der Waals surface area (Å²) in [5.41, 5.74) is 2.55. The number of aliphatic hydroxyl groups is 1. The highest BCUT2D eigenvalue weighted by Gasteiger charge is 2.11. The van der Waals surface area contributed by atoms with Crippen LogP contribution in [0.5, 0.6) is 0 Å². The van der Waals surface area contributed by atoms with Gasteiger partial charge in [-0.25, -0.2) is 0 Å². The maximum atomic E-state index is 12.1. The van der Waals surface area contributed by atoms with Gasteiger partial charge >= 0.3 is 0 Å². The van der Waals surface area contributed by atoms with Gasteiger partial charge < -0.3 is 15.3 Å². The third kappa shape index (κ3) is 4.08. The quantitative estimate of drug-likeness (QED) is 0.825. The molecule has 1 atom stereocenters. The Labute approximate surface area is 135 Å². The van der Waals surface area contributed by atoms with E-state index in [1.165, 1.54) is 11.3 Å². The average Bonchev–Trinajstić information content (AvgIpc) is 3.08. The number of hydrogen-bond donors (Lipinski definition) is 2. The predicted octanol–water partition coefficient (Wildman–Crippen LogP) is 3.06. The van der Waals surface area contributed by atoms with Crippen LogP contribution in [0.25, 0.3) is 0 Å². The number of benzene rings is 1. The number of rotatable bonds is 7. The minimum atomic E-state index is -0.662. The summed E-state index contributed by atoms with van der Waals surface area (Å²) in [5, 5.41) is 16.5. The molecule has 1 amide bonds. The number of nitrogens with one attached hydrogen (secondary N) is 1. The summed E-state index contributed by atoms with van der Waals surface area (Å²) in [6, 6.07) is 9.41. The van der Waals surface area contributed by atoms with Crippen LogP contribution in [0.3, 0.4) is 0 Å². The number of hydrogen-bond acceptors (Lipinski definition) is 4. The van der Waals surface area contributed by atoms with Crippen molar-refractivity contribution >= 4 is 22.9 Å². The van der Waals surface area contributed by atoms with Crippen LogP contribution < -0.4 is 10.2 Å². The Kier molecular flexibility index (Phi) is 5.98. The zero-order chi connectivity index (χ0) is 15.9. The lowest BCUT2D eigenvalue weighted by molar-refractivity contribution is 0.0916. The lowest BCUT2D eigenvalue weighted by Gasteiger charge is -2.21. The van der Waals surface area contributed by atoms with Crippen molar-refractivity contribution in [1.29, 1.82) is 0 Å². The van der Waals surface area contributed by atoms with Gasteiger partial charge in [-0.1, -0.05) is 0 Å². The minimum Gasteiger partial charge on any atom is -0.387 e. The molecule has 22 heavy (non-hydrogen) atoms. The Bertz CT molecular complexity index is 577. The van der Waals surface area contributed by atoms with Crippen LogP contribution in [0.2, 0.25) is 0 Å². The van der Waals surface area contributed by atoms with Crippen molar-refractivity contribution in [2.75, 3.05) is 24.5 Å². The summed E-state index contributed by atoms with van der Waals surface area (Å²) in [4.78, 5) is 14.3. The maximum Gasteiger partial charge on any atom is 0.251 e. The van der Waals surface area contributed by atoms with E-state index < -0.39 is 6.10 Å². The molecule has 1 aromatic heterocycles. The highest BCUT2D eigenvalue weighted by Crippen LogP contribution is 2.16. The molecule has 0 saturated heterocycles. The van der Waals surface area contributed by atoms with E-state index in [4.69, 9.17) is 0 Å². The smallest absolute Gasteiger partial charge is 0.251 e. The Morgan fingerprint density at radius 1 is 1.23 bits per heavy atom. The van der Waals surface area contributed by atoms with Crippen LogP contribution >= 0.6 is 11.3 Å². The van der Waals surface area contributed by atoms with E-state index in [9.17, 15) is 9.90 Å². The van der Waals surface area contributed by atoms with Gasteiger partial charge in [-0.3, -0.25) is 4.79 Å². The first-order valence-corrected chi connectivity index (χ1v) is 8.43. The highest BCUT2D eigenvalue weighted by atomic mass is 32.1. The minimum absolute atomic E-state index is 0.166. The normalized spacial score (nSPS) is 12.0. The molecule has 5 heteroatoms. The summed E-state index contributed by atoms with van der Waals surface area (Å²) >= 11 is 1.53. The van der Waals surface area contributed by atoms with Crippen LogP contribution in [0, 0.1) is 0 Å². The second-order valence-corrected chi connectivity index (χ2v) is 5.78. The van der Waals surface area contributed by atoms with Crippen LogP contribution in [0.15, 0.2) is 41.1 Å². The van der Waals surface area contributed by atoms with Crippen molar-refractivity contribution in [1.82, 2.24) is 5.32 Å². The molecule has 1 aromatic carbocycles. The van der Waals surface area contributed by atoms with E-state index >= 15 is 0 Å². The van der Waals surface area contributed by atoms with E-state index in [0.29, 0.717) is 5.56 Å². The second-order valence-electron chi connectivity index (χ2n) is 5.00. The van der Waals surface area contributed by atoms with Gasteiger partial charge in [0.15, 0.2) is 0 Å². The Morgan fingerprint density at radius 2 is 1.91 bits per heavy atom. The third-order valence-corrected chi connectivity index (χ3v) is 4.34. The number of anilines is 1. The molecule has 2 aromatic rings. The summed E-state index contributed by atoms with van der Waals surface area (Å²) in [7, 11) is 0. The molecule has 0 bridgehead atoms. The van der Waals surface area contributed by atoms with E-state index in [-0.39, 0.29) is 12.5 Å². The van der Waals surface area contributed by atoms with Gasteiger partial charge in [0.05, 0.1) is 6.10 Å². The fraction of sp³-hybridized carbons (Fsp3) is 0.353. The molecule has 2 N–H and O–H groups in total. The first-order valence-electron chi connectivity index (χ1n) is 7.49. The molecule has 4 nitrogen and oxygen atoms in total. The van der Waals surface area contributed by atoms with Crippen molar-refractivity contribution < 1.29 is 9.90 Å². The van der Waals surface area contributed by atoms with Crippen molar-refractivity contribution in [2.24, 2.45) is 0 Å². The number of carbonyl (C=O) groups excluding carboxylic acids is 1. The van der Waals surface area contributed by atoms with E-state index in [1.807, 2.05) is 41.1 Å². The summed E-state index contributed by atoms with van der Waals surface area (Å²) in [6.45, 7) is 6.31. The Balaban J connectivity index is 1.92. The number of amides is 1. The standard InChI is InChI=1S/C17H22N2O2S/c1-3-19(4-2)15-7-5-13(6-8-15)17(21)18-11-16(20)14-9-10-22-12-14/h5-10,12,16,20H,3-4,11H2,1-2H3,(H,18,21). The van der Waals surface area contributed by atoms with Gasteiger partial charge in [-0.05, 0) is 60.5 Å². The van der Waals surface area contributed by atoms with Crippen molar-refractivity contribution in [3.63, 3.8) is 0 Å². The topological polar surface area (TPSA) is 52.6 Å². The van der Waals surface area contributed by atoms with Crippen LogP contribution in [-0.2, 0) is 0 Å². The van der Waals surface area contributed by atoms with E-state index in [0.717, 1.165) is 24.3 Å². The molecule has 0 aliphatic rings. The molecule has 0 spiro atoms. The molecule has 0 radical (unpaired) electrons. The number of carbonyl (C=O) groups is 1. The zero-order valence-electron chi connectivity index (χ0n) is 13.0. The van der Waals surface area contributed by atoms with Gasteiger partial charge in [-0.2, -0.15) is 11.3 Å². The fourth-order valence-corrected chi connectivity index (χ4v) is 2.99. The van der Waals surface area contributed by atoms with Gasteiger partial charge in [0.1, 0.15) is 0 Å². The van der Waals surface area contributed by atoms with Crippen LogP contribution in [0.1, 0.15) is 35.9 Å². The van der Waals surface area contributed by atoms with Crippen LogP contribution in [0.4, 0.5) is 5.69 Å². The first kappa shape index (κ1) is 16.5. The SMILES string of the molecule is CCN(CC)c1ccc(C(=O)NCC(O)c2ccsc2)cc1. The number of nitrogens with zero attached hydrogens (tertiary/aromatic N) is 1. The number of aliphatic hydroxyl groups excluding tert-OH is 1. The lowest BCUT2D eigenvalue weighted by Crippen LogP contribution is -2.28. The highest BCUT2D eigenvalue weighted by molar-refractivity contribution is 7.07. The zero-order valence-corrected chi connectivity index (χ0v) is 13.8. The van der Waals surface area contributed by atoms with Crippen molar-refractivity contribution in [3.8, 4) is 0 Å². The predicted molar refractivity (Wildman–Crippen MR) is 91.6 cm³/mol. The molecule has 2 rings (SSSR count). The van der Waals surface area contributed by atoms with Gasteiger partial charge in [0.2, 0.25) is 0 Å². The third-order valence-electron chi connectivity index (χ3n) is 3.64. The molecule has 1 heterocycles. The molecule has 0 aliphatic carbocycles.